The van der Waals surface area contributed by atoms with Crippen molar-refractivity contribution in [3.63, 3.8) is 0 Å². The number of thioether (sulfide) groups is 1. The van der Waals surface area contributed by atoms with Gasteiger partial charge >= 0.3 is 0 Å². The molecule has 1 aromatic rings. The molecule has 0 radical (unpaired) electrons. The molecule has 0 saturated heterocycles. The molecule has 1 N–H and O–H groups in total. The lowest BCUT2D eigenvalue weighted by Gasteiger charge is -2.04. The highest BCUT2D eigenvalue weighted by Crippen LogP contribution is 2.35. The Kier molecular flexibility index (Phi) is 4.22. The molecule has 0 spiro atoms. The van der Waals surface area contributed by atoms with Crippen LogP contribution >= 0.6 is 11.8 Å². The molecule has 4 heteroatoms. The molecule has 1 heterocycles. The maximum atomic E-state index is 11.6. The zero-order valence-electron chi connectivity index (χ0n) is 10.5. The van der Waals surface area contributed by atoms with Crippen molar-refractivity contribution < 1.29 is 14.7 Å². The Hall–Kier alpha value is -1.81. The summed E-state index contributed by atoms with van der Waals surface area (Å²) in [6.45, 7) is 1.30. The van der Waals surface area contributed by atoms with Crippen LogP contribution in [0, 0.1) is 0 Å². The molecule has 0 bridgehead atoms. The van der Waals surface area contributed by atoms with E-state index in [1.54, 1.807) is 0 Å². The van der Waals surface area contributed by atoms with Crippen LogP contribution in [0.3, 0.4) is 0 Å². The molecule has 1 unspecified atom stereocenters. The fraction of sp³-hybridized carbons (Fsp3) is 0.200. The number of aliphatic hydroxyl groups is 1. The molecule has 3 nitrogen and oxygen atoms in total. The lowest BCUT2D eigenvalue weighted by molar-refractivity contribution is -0.116. The molecule has 2 rings (SSSR count). The largest absolute Gasteiger partial charge is 0.510 e. The first-order valence-electron chi connectivity index (χ1n) is 5.96. The number of carbonyl (C=O) groups excluding carboxylic acids is 2. The van der Waals surface area contributed by atoms with E-state index in [4.69, 9.17) is 0 Å². The molecule has 19 heavy (non-hydrogen) atoms. The Morgan fingerprint density at radius 1 is 1.37 bits per heavy atom. The number of hydrogen-bond donors (Lipinski definition) is 1. The van der Waals surface area contributed by atoms with E-state index in [9.17, 15) is 14.7 Å². The number of benzene rings is 1. The van der Waals surface area contributed by atoms with Crippen LogP contribution in [-0.2, 0) is 9.59 Å². The summed E-state index contributed by atoms with van der Waals surface area (Å²) in [5.74, 6) is -0.454. The average Bonchev–Trinajstić information content (AvgIpc) is 2.66. The van der Waals surface area contributed by atoms with E-state index in [-0.39, 0.29) is 27.5 Å². The van der Waals surface area contributed by atoms with Crippen molar-refractivity contribution >= 4 is 28.7 Å². The van der Waals surface area contributed by atoms with E-state index in [2.05, 4.69) is 0 Å². The number of ketones is 1. The molecule has 0 amide bonds. The van der Waals surface area contributed by atoms with Gasteiger partial charge in [0, 0.05) is 0 Å². The van der Waals surface area contributed by atoms with Crippen LogP contribution < -0.4 is 0 Å². The van der Waals surface area contributed by atoms with Crippen LogP contribution in [0.25, 0.3) is 6.08 Å². The van der Waals surface area contributed by atoms with Gasteiger partial charge in [0.05, 0.1) is 5.25 Å². The van der Waals surface area contributed by atoms with Crippen molar-refractivity contribution in [2.75, 3.05) is 0 Å². The number of Topliss-reactive ketones (excluding diaryl/α,β-unsaturated/α-hetero) is 1. The highest BCUT2D eigenvalue weighted by atomic mass is 32.2. The Balaban J connectivity index is 2.04. The maximum absolute atomic E-state index is 11.6. The molecule has 1 aromatic carbocycles. The molecule has 1 aliphatic heterocycles. The molecular weight excluding hydrogens is 260 g/mol. The summed E-state index contributed by atoms with van der Waals surface area (Å²) in [5, 5.41) is 9.20. The third-order valence-electron chi connectivity index (χ3n) is 2.83. The smallest absolute Gasteiger partial charge is 0.227 e. The summed E-state index contributed by atoms with van der Waals surface area (Å²) >= 11 is 1.01. The Labute approximate surface area is 116 Å². The fourth-order valence-electron chi connectivity index (χ4n) is 1.89. The molecule has 98 valence electrons. The van der Waals surface area contributed by atoms with Gasteiger partial charge in [0.1, 0.15) is 11.3 Å². The summed E-state index contributed by atoms with van der Waals surface area (Å²) in [5.41, 5.74) is 1.01. The lowest BCUT2D eigenvalue weighted by atomic mass is 10.1. The maximum Gasteiger partial charge on any atom is 0.227 e. The zero-order chi connectivity index (χ0) is 13.8. The minimum atomic E-state index is -0.371. The number of carbonyl (C=O) groups is 2. The topological polar surface area (TPSA) is 54.4 Å². The normalized spacial score (nSPS) is 19.4. The minimum Gasteiger partial charge on any atom is -0.510 e. The fourth-order valence-corrected chi connectivity index (χ4v) is 2.95. The second kappa shape index (κ2) is 5.89. The van der Waals surface area contributed by atoms with Gasteiger partial charge < -0.3 is 5.11 Å². The number of hydrogen-bond acceptors (Lipinski definition) is 4. The van der Waals surface area contributed by atoms with E-state index in [0.29, 0.717) is 6.42 Å². The molecule has 0 aliphatic carbocycles. The van der Waals surface area contributed by atoms with Crippen molar-refractivity contribution in [3.8, 4) is 0 Å². The average molecular weight is 274 g/mol. The molecule has 0 saturated carbocycles. The van der Waals surface area contributed by atoms with Gasteiger partial charge in [-0.2, -0.15) is 0 Å². The van der Waals surface area contributed by atoms with E-state index >= 15 is 0 Å². The highest BCUT2D eigenvalue weighted by molar-refractivity contribution is 8.15. The van der Waals surface area contributed by atoms with Gasteiger partial charge in [-0.1, -0.05) is 54.2 Å². The van der Waals surface area contributed by atoms with Crippen molar-refractivity contribution in [1.82, 2.24) is 0 Å². The van der Waals surface area contributed by atoms with E-state index in [1.807, 2.05) is 42.5 Å². The highest BCUT2D eigenvalue weighted by Gasteiger charge is 2.34. The van der Waals surface area contributed by atoms with Crippen molar-refractivity contribution in [2.24, 2.45) is 0 Å². The number of allylic oxidation sites excluding steroid dienone is 1. The lowest BCUT2D eigenvalue weighted by Crippen LogP contribution is -2.05. The molecule has 0 aromatic heterocycles. The van der Waals surface area contributed by atoms with Gasteiger partial charge in [-0.25, -0.2) is 0 Å². The van der Waals surface area contributed by atoms with Crippen LogP contribution in [0.15, 0.2) is 47.7 Å². The van der Waals surface area contributed by atoms with Gasteiger partial charge in [-0.3, -0.25) is 9.59 Å². The van der Waals surface area contributed by atoms with Crippen LogP contribution in [0.2, 0.25) is 0 Å². The molecular formula is C15H14O3S. The number of rotatable bonds is 4. The molecule has 1 aliphatic rings. The quantitative estimate of drug-likeness (QED) is 0.857. The molecule has 1 atom stereocenters. The third-order valence-corrected chi connectivity index (χ3v) is 3.95. The summed E-state index contributed by atoms with van der Waals surface area (Å²) in [4.78, 5) is 22.8. The van der Waals surface area contributed by atoms with Crippen molar-refractivity contribution in [2.45, 2.75) is 18.6 Å². The molecule has 0 fully saturated rings. The first-order chi connectivity index (χ1) is 9.09. The Bertz CT molecular complexity index is 558. The summed E-state index contributed by atoms with van der Waals surface area (Å²) in [6, 6.07) is 9.77. The van der Waals surface area contributed by atoms with Gasteiger partial charge in [0.15, 0.2) is 5.78 Å². The van der Waals surface area contributed by atoms with Crippen molar-refractivity contribution in [3.05, 3.63) is 53.3 Å². The van der Waals surface area contributed by atoms with Crippen LogP contribution in [0.5, 0.6) is 0 Å². The first kappa shape index (κ1) is 13.6. The first-order valence-corrected chi connectivity index (χ1v) is 6.84. The monoisotopic (exact) mass is 274 g/mol. The Morgan fingerprint density at radius 3 is 2.63 bits per heavy atom. The van der Waals surface area contributed by atoms with Gasteiger partial charge in [-0.15, -0.1) is 0 Å². The van der Waals surface area contributed by atoms with Crippen LogP contribution in [0.1, 0.15) is 18.9 Å². The SMILES string of the molecule is CC(=O)C1=C(O)C(C/C=C/c2ccccc2)SC1=O. The second-order valence-electron chi connectivity index (χ2n) is 4.26. The van der Waals surface area contributed by atoms with E-state index in [1.165, 1.54) is 6.92 Å². The summed E-state index contributed by atoms with van der Waals surface area (Å²) < 4.78 is 0. The zero-order valence-corrected chi connectivity index (χ0v) is 11.3. The van der Waals surface area contributed by atoms with E-state index < -0.39 is 0 Å². The van der Waals surface area contributed by atoms with Crippen LogP contribution in [-0.4, -0.2) is 21.3 Å². The second-order valence-corrected chi connectivity index (χ2v) is 5.43. The third kappa shape index (κ3) is 3.15. The van der Waals surface area contributed by atoms with Gasteiger partial charge in [0.2, 0.25) is 5.12 Å². The predicted octanol–water partition coefficient (Wildman–Crippen LogP) is 3.13. The summed E-state index contributed by atoms with van der Waals surface area (Å²) in [6.07, 6.45) is 4.36. The Morgan fingerprint density at radius 2 is 2.05 bits per heavy atom. The minimum absolute atomic E-state index is 0.0527. The van der Waals surface area contributed by atoms with E-state index in [0.717, 1.165) is 17.3 Å². The van der Waals surface area contributed by atoms with Gasteiger partial charge in [-0.05, 0) is 18.9 Å². The number of aliphatic hydroxyl groups excluding tert-OH is 1. The standard InChI is InChI=1S/C15H14O3S/c1-10(16)13-14(17)12(19-15(13)18)9-5-8-11-6-3-2-4-7-11/h2-8,12,17H,9H2,1H3/b8-5+. The predicted molar refractivity (Wildman–Crippen MR) is 76.8 cm³/mol. The van der Waals surface area contributed by atoms with Gasteiger partial charge in [0.25, 0.3) is 0 Å². The van der Waals surface area contributed by atoms with Crippen LogP contribution in [0.4, 0.5) is 0 Å². The van der Waals surface area contributed by atoms with Crippen molar-refractivity contribution in [1.29, 1.82) is 0 Å². The summed E-state index contributed by atoms with van der Waals surface area (Å²) in [7, 11) is 0.